The predicted molar refractivity (Wildman–Crippen MR) is 87.4 cm³/mol. The number of nitrogens with one attached hydrogen (secondary N) is 1. The summed E-state index contributed by atoms with van der Waals surface area (Å²) in [5.41, 5.74) is 3.53. The minimum absolute atomic E-state index is 0.0756. The molecular weight excluding hydrogens is 280 g/mol. The van der Waals surface area contributed by atoms with E-state index in [-0.39, 0.29) is 17.4 Å². The standard InChI is InChI=1S/C17H22N2OS/c1-5-17(3,4)16(20)19-14(13-9-7-6-8-10-13)15-12(2)18-11-21-15/h6-11,14H,5H2,1-4H3,(H,19,20). The highest BCUT2D eigenvalue weighted by atomic mass is 32.1. The van der Waals surface area contributed by atoms with Crippen LogP contribution in [0.1, 0.15) is 49.4 Å². The zero-order valence-corrected chi connectivity index (χ0v) is 13.8. The second kappa shape index (κ2) is 6.39. The summed E-state index contributed by atoms with van der Waals surface area (Å²) in [7, 11) is 0. The molecule has 0 saturated heterocycles. The van der Waals surface area contributed by atoms with Crippen LogP contribution in [0.2, 0.25) is 0 Å². The van der Waals surface area contributed by atoms with Crippen molar-refractivity contribution in [3.05, 3.63) is 52.0 Å². The number of hydrogen-bond donors (Lipinski definition) is 1. The van der Waals surface area contributed by atoms with Crippen molar-refractivity contribution in [3.8, 4) is 0 Å². The van der Waals surface area contributed by atoms with Crippen molar-refractivity contribution in [2.45, 2.75) is 40.2 Å². The number of nitrogens with zero attached hydrogens (tertiary/aromatic N) is 1. The lowest BCUT2D eigenvalue weighted by molar-refractivity contribution is -0.130. The summed E-state index contributed by atoms with van der Waals surface area (Å²) >= 11 is 1.59. The Bertz CT molecular complexity index is 604. The molecule has 0 bridgehead atoms. The highest BCUT2D eigenvalue weighted by molar-refractivity contribution is 7.09. The van der Waals surface area contributed by atoms with Crippen LogP contribution < -0.4 is 5.32 Å². The molecular formula is C17H22N2OS. The second-order valence-electron chi connectivity index (χ2n) is 5.86. The number of aryl methyl sites for hydroxylation is 1. The third-order valence-corrected chi connectivity index (χ3v) is 4.95. The molecule has 1 N–H and O–H groups in total. The van der Waals surface area contributed by atoms with E-state index in [0.29, 0.717) is 0 Å². The topological polar surface area (TPSA) is 42.0 Å². The van der Waals surface area contributed by atoms with Crippen LogP contribution >= 0.6 is 11.3 Å². The Labute approximate surface area is 130 Å². The Balaban J connectivity index is 2.35. The highest BCUT2D eigenvalue weighted by Gasteiger charge is 2.29. The van der Waals surface area contributed by atoms with Gasteiger partial charge >= 0.3 is 0 Å². The van der Waals surface area contributed by atoms with Gasteiger partial charge in [-0.05, 0) is 18.9 Å². The van der Waals surface area contributed by atoms with E-state index < -0.39 is 0 Å². The number of rotatable bonds is 5. The van der Waals surface area contributed by atoms with Crippen LogP contribution in [0.4, 0.5) is 0 Å². The first-order chi connectivity index (χ1) is 9.95. The van der Waals surface area contributed by atoms with Gasteiger partial charge in [-0.2, -0.15) is 0 Å². The first-order valence-electron chi connectivity index (χ1n) is 7.21. The quantitative estimate of drug-likeness (QED) is 0.903. The molecule has 4 heteroatoms. The first kappa shape index (κ1) is 15.7. The monoisotopic (exact) mass is 302 g/mol. The van der Waals surface area contributed by atoms with Gasteiger partial charge in [-0.15, -0.1) is 11.3 Å². The fourth-order valence-corrected chi connectivity index (χ4v) is 2.90. The molecule has 0 fully saturated rings. The SMILES string of the molecule is CCC(C)(C)C(=O)NC(c1ccccc1)c1scnc1C. The zero-order valence-electron chi connectivity index (χ0n) is 13.0. The molecule has 0 aliphatic heterocycles. The minimum atomic E-state index is -0.369. The summed E-state index contributed by atoms with van der Waals surface area (Å²) in [5, 5.41) is 3.20. The van der Waals surface area contributed by atoms with Gasteiger partial charge in [-0.1, -0.05) is 51.1 Å². The average molecular weight is 302 g/mol. The van der Waals surface area contributed by atoms with Gasteiger partial charge in [0.2, 0.25) is 5.91 Å². The molecule has 3 nitrogen and oxygen atoms in total. The third kappa shape index (κ3) is 3.50. The number of hydrogen-bond acceptors (Lipinski definition) is 3. The van der Waals surface area contributed by atoms with Gasteiger partial charge in [0.05, 0.1) is 22.1 Å². The van der Waals surface area contributed by atoms with Crippen molar-refractivity contribution in [1.29, 1.82) is 0 Å². The van der Waals surface area contributed by atoms with Crippen molar-refractivity contribution in [3.63, 3.8) is 0 Å². The fourth-order valence-electron chi connectivity index (χ4n) is 2.02. The Kier molecular flexibility index (Phi) is 4.78. The lowest BCUT2D eigenvalue weighted by atomic mass is 9.88. The van der Waals surface area contributed by atoms with Crippen LogP contribution in [0.15, 0.2) is 35.8 Å². The van der Waals surface area contributed by atoms with E-state index in [9.17, 15) is 4.79 Å². The van der Waals surface area contributed by atoms with Crippen LogP contribution in [0.5, 0.6) is 0 Å². The maximum absolute atomic E-state index is 12.6. The molecule has 2 rings (SSSR count). The Morgan fingerprint density at radius 2 is 2.00 bits per heavy atom. The first-order valence-corrected chi connectivity index (χ1v) is 8.09. The van der Waals surface area contributed by atoms with E-state index in [4.69, 9.17) is 0 Å². The summed E-state index contributed by atoms with van der Waals surface area (Å²) < 4.78 is 0. The summed E-state index contributed by atoms with van der Waals surface area (Å²) in [6.07, 6.45) is 0.808. The van der Waals surface area contributed by atoms with Crippen LogP contribution in [0.3, 0.4) is 0 Å². The number of amides is 1. The molecule has 1 amide bonds. The van der Waals surface area contributed by atoms with Crippen molar-refractivity contribution < 1.29 is 4.79 Å². The molecule has 0 saturated carbocycles. The molecule has 2 aromatic rings. The number of benzene rings is 1. The van der Waals surface area contributed by atoms with E-state index in [1.807, 2.05) is 63.5 Å². The number of aromatic nitrogens is 1. The van der Waals surface area contributed by atoms with Crippen LogP contribution in [-0.4, -0.2) is 10.9 Å². The highest BCUT2D eigenvalue weighted by Crippen LogP contribution is 2.30. The maximum atomic E-state index is 12.6. The summed E-state index contributed by atoms with van der Waals surface area (Å²) in [6, 6.07) is 9.94. The Morgan fingerprint density at radius 1 is 1.33 bits per heavy atom. The van der Waals surface area contributed by atoms with Crippen LogP contribution in [0.25, 0.3) is 0 Å². The van der Waals surface area contributed by atoms with Gasteiger partial charge in [0.15, 0.2) is 0 Å². The smallest absolute Gasteiger partial charge is 0.226 e. The largest absolute Gasteiger partial charge is 0.344 e. The molecule has 112 valence electrons. The van der Waals surface area contributed by atoms with E-state index in [2.05, 4.69) is 10.3 Å². The van der Waals surface area contributed by atoms with Crippen molar-refractivity contribution in [1.82, 2.24) is 10.3 Å². The van der Waals surface area contributed by atoms with Gasteiger partial charge in [0, 0.05) is 5.41 Å². The van der Waals surface area contributed by atoms with Gasteiger partial charge < -0.3 is 5.32 Å². The van der Waals surface area contributed by atoms with Crippen molar-refractivity contribution >= 4 is 17.2 Å². The van der Waals surface area contributed by atoms with E-state index in [0.717, 1.165) is 22.6 Å². The summed E-state index contributed by atoms with van der Waals surface area (Å²) in [5.74, 6) is 0.0756. The van der Waals surface area contributed by atoms with E-state index >= 15 is 0 Å². The van der Waals surface area contributed by atoms with Crippen LogP contribution in [0, 0.1) is 12.3 Å². The van der Waals surface area contributed by atoms with Crippen molar-refractivity contribution in [2.75, 3.05) is 0 Å². The lowest BCUT2D eigenvalue weighted by Crippen LogP contribution is -2.39. The predicted octanol–water partition coefficient (Wildman–Crippen LogP) is 4.09. The molecule has 1 unspecified atom stereocenters. The molecule has 1 aromatic heterocycles. The van der Waals surface area contributed by atoms with Gasteiger partial charge in [-0.3, -0.25) is 4.79 Å². The normalized spacial score (nSPS) is 13.0. The van der Waals surface area contributed by atoms with Gasteiger partial charge in [0.1, 0.15) is 0 Å². The molecule has 0 spiro atoms. The second-order valence-corrected chi connectivity index (χ2v) is 6.74. The number of carbonyl (C=O) groups is 1. The molecule has 0 aliphatic rings. The minimum Gasteiger partial charge on any atom is -0.344 e. The van der Waals surface area contributed by atoms with E-state index in [1.165, 1.54) is 0 Å². The lowest BCUT2D eigenvalue weighted by Gasteiger charge is -2.26. The molecule has 1 heterocycles. The van der Waals surface area contributed by atoms with Gasteiger partial charge in [-0.25, -0.2) is 4.98 Å². The molecule has 0 aliphatic carbocycles. The van der Waals surface area contributed by atoms with E-state index in [1.54, 1.807) is 11.3 Å². The Morgan fingerprint density at radius 3 is 2.52 bits per heavy atom. The summed E-state index contributed by atoms with van der Waals surface area (Å²) in [6.45, 7) is 7.97. The molecule has 21 heavy (non-hydrogen) atoms. The molecule has 1 atom stereocenters. The van der Waals surface area contributed by atoms with Gasteiger partial charge in [0.25, 0.3) is 0 Å². The fraction of sp³-hybridized carbons (Fsp3) is 0.412. The Hall–Kier alpha value is -1.68. The summed E-state index contributed by atoms with van der Waals surface area (Å²) in [4.78, 5) is 18.0. The van der Waals surface area contributed by atoms with Crippen LogP contribution in [-0.2, 0) is 4.79 Å². The maximum Gasteiger partial charge on any atom is 0.226 e. The molecule has 0 radical (unpaired) electrons. The zero-order chi connectivity index (χ0) is 15.5. The molecule has 1 aromatic carbocycles. The number of carbonyl (C=O) groups excluding carboxylic acids is 1. The van der Waals surface area contributed by atoms with Crippen molar-refractivity contribution in [2.24, 2.45) is 5.41 Å². The average Bonchev–Trinajstić information content (AvgIpc) is 2.91. The number of thiazole rings is 1. The third-order valence-electron chi connectivity index (χ3n) is 3.95.